The largest absolute Gasteiger partial charge is 0.492 e. The molecule has 1 aromatic heterocycles. The van der Waals surface area contributed by atoms with E-state index in [-0.39, 0.29) is 24.3 Å². The van der Waals surface area contributed by atoms with Gasteiger partial charge in [-0.25, -0.2) is 0 Å². The number of nitrogens with zero attached hydrogens (tertiary/aromatic N) is 2. The topological polar surface area (TPSA) is 60.8 Å². The van der Waals surface area contributed by atoms with Crippen LogP contribution in [-0.2, 0) is 11.3 Å². The zero-order valence-corrected chi connectivity index (χ0v) is 21.4. The van der Waals surface area contributed by atoms with Gasteiger partial charge in [0.15, 0.2) is 0 Å². The molecular formula is C28H30N2O4S. The number of para-hydroxylation sites is 1. The standard InChI is InChI=1S/C28H30N2O4S/c1-19-10-11-20(2)25(16-19)34-15-13-30-27(31)26(35-28(30)32)18-23-17-21(3)29(22(23)4)12-14-33-24-8-6-5-7-9-24/h5-11,16-18H,12-15H2,1-4H3/b26-18-. The summed E-state index contributed by atoms with van der Waals surface area (Å²) in [5.41, 5.74) is 5.16. The predicted molar refractivity (Wildman–Crippen MR) is 140 cm³/mol. The second-order valence-corrected chi connectivity index (χ2v) is 9.58. The lowest BCUT2D eigenvalue weighted by Crippen LogP contribution is -2.32. The monoisotopic (exact) mass is 490 g/mol. The molecule has 182 valence electrons. The number of aryl methyl sites for hydroxylation is 3. The molecule has 1 fully saturated rings. The average molecular weight is 491 g/mol. The molecule has 2 heterocycles. The van der Waals surface area contributed by atoms with Crippen LogP contribution in [0, 0.1) is 27.7 Å². The van der Waals surface area contributed by atoms with Crippen molar-refractivity contribution < 1.29 is 19.1 Å². The van der Waals surface area contributed by atoms with Crippen LogP contribution in [0.1, 0.15) is 28.1 Å². The van der Waals surface area contributed by atoms with Gasteiger partial charge >= 0.3 is 0 Å². The first-order valence-electron chi connectivity index (χ1n) is 11.6. The summed E-state index contributed by atoms with van der Waals surface area (Å²) in [6.07, 6.45) is 1.81. The lowest BCUT2D eigenvalue weighted by Gasteiger charge is -2.14. The number of hydrogen-bond donors (Lipinski definition) is 0. The van der Waals surface area contributed by atoms with Gasteiger partial charge in [0.1, 0.15) is 24.7 Å². The fourth-order valence-corrected chi connectivity index (χ4v) is 4.89. The molecule has 0 N–H and O–H groups in total. The van der Waals surface area contributed by atoms with Gasteiger partial charge in [-0.3, -0.25) is 14.5 Å². The van der Waals surface area contributed by atoms with Crippen LogP contribution < -0.4 is 9.47 Å². The Hall–Kier alpha value is -3.45. The number of imide groups is 1. The molecule has 0 bridgehead atoms. The van der Waals surface area contributed by atoms with Gasteiger partial charge in [-0.05, 0) is 86.5 Å². The van der Waals surface area contributed by atoms with E-state index in [9.17, 15) is 9.59 Å². The summed E-state index contributed by atoms with van der Waals surface area (Å²) in [5.74, 6) is 1.34. The van der Waals surface area contributed by atoms with E-state index in [2.05, 4.69) is 4.57 Å². The number of benzene rings is 2. The highest BCUT2D eigenvalue weighted by Crippen LogP contribution is 2.33. The van der Waals surface area contributed by atoms with Crippen molar-refractivity contribution in [2.24, 2.45) is 0 Å². The number of aromatic nitrogens is 1. The minimum atomic E-state index is -0.276. The van der Waals surface area contributed by atoms with Gasteiger partial charge in [-0.15, -0.1) is 0 Å². The molecule has 1 aliphatic heterocycles. The van der Waals surface area contributed by atoms with Crippen molar-refractivity contribution >= 4 is 29.0 Å². The van der Waals surface area contributed by atoms with Crippen LogP contribution in [0.4, 0.5) is 4.79 Å². The minimum Gasteiger partial charge on any atom is -0.492 e. The lowest BCUT2D eigenvalue weighted by molar-refractivity contribution is -0.123. The first-order chi connectivity index (χ1) is 16.8. The van der Waals surface area contributed by atoms with Crippen LogP contribution in [0.2, 0.25) is 0 Å². The van der Waals surface area contributed by atoms with Gasteiger partial charge in [0, 0.05) is 11.4 Å². The Kier molecular flexibility index (Phi) is 7.66. The second-order valence-electron chi connectivity index (χ2n) is 8.59. The number of carbonyl (C=O) groups excluding carboxylic acids is 2. The smallest absolute Gasteiger partial charge is 0.293 e. The highest BCUT2D eigenvalue weighted by atomic mass is 32.2. The van der Waals surface area contributed by atoms with E-state index in [1.54, 1.807) is 0 Å². The summed E-state index contributed by atoms with van der Waals surface area (Å²) in [5, 5.41) is -0.268. The van der Waals surface area contributed by atoms with Crippen molar-refractivity contribution in [3.05, 3.63) is 87.6 Å². The number of rotatable bonds is 9. The number of hydrogen-bond acceptors (Lipinski definition) is 5. The first kappa shape index (κ1) is 24.7. The first-order valence-corrected chi connectivity index (χ1v) is 12.4. The molecule has 0 atom stereocenters. The lowest BCUT2D eigenvalue weighted by atomic mass is 10.1. The van der Waals surface area contributed by atoms with E-state index in [1.165, 1.54) is 4.90 Å². The summed E-state index contributed by atoms with van der Waals surface area (Å²) in [6.45, 7) is 9.72. The van der Waals surface area contributed by atoms with E-state index in [4.69, 9.17) is 9.47 Å². The Labute approximate surface area is 210 Å². The zero-order valence-electron chi connectivity index (χ0n) is 20.5. The highest BCUT2D eigenvalue weighted by molar-refractivity contribution is 8.18. The van der Waals surface area contributed by atoms with E-state index in [0.717, 1.165) is 51.3 Å². The maximum absolute atomic E-state index is 12.9. The third-order valence-corrected chi connectivity index (χ3v) is 6.92. The van der Waals surface area contributed by atoms with Gasteiger partial charge in [-0.2, -0.15) is 0 Å². The molecule has 0 aliphatic carbocycles. The van der Waals surface area contributed by atoms with Crippen LogP contribution in [0.15, 0.2) is 59.5 Å². The van der Waals surface area contributed by atoms with E-state index in [0.29, 0.717) is 18.1 Å². The van der Waals surface area contributed by atoms with Crippen molar-refractivity contribution in [1.29, 1.82) is 0 Å². The van der Waals surface area contributed by atoms with Crippen LogP contribution in [0.3, 0.4) is 0 Å². The number of amides is 2. The molecule has 7 heteroatoms. The molecule has 0 spiro atoms. The predicted octanol–water partition coefficient (Wildman–Crippen LogP) is 5.92. The third kappa shape index (κ3) is 5.80. The summed E-state index contributed by atoms with van der Waals surface area (Å²) >= 11 is 0.976. The van der Waals surface area contributed by atoms with E-state index < -0.39 is 0 Å². The van der Waals surface area contributed by atoms with Crippen molar-refractivity contribution in [3.8, 4) is 11.5 Å². The summed E-state index contributed by atoms with van der Waals surface area (Å²) in [7, 11) is 0. The normalized spacial score (nSPS) is 14.7. The quantitative estimate of drug-likeness (QED) is 0.349. The molecule has 0 saturated carbocycles. The maximum atomic E-state index is 12.9. The molecule has 1 saturated heterocycles. The maximum Gasteiger partial charge on any atom is 0.293 e. The summed E-state index contributed by atoms with van der Waals surface area (Å²) < 4.78 is 13.8. The Morgan fingerprint density at radius 3 is 2.40 bits per heavy atom. The summed E-state index contributed by atoms with van der Waals surface area (Å²) in [4.78, 5) is 27.2. The van der Waals surface area contributed by atoms with Crippen molar-refractivity contribution in [2.75, 3.05) is 19.8 Å². The molecule has 2 amide bonds. The Bertz CT molecular complexity index is 1260. The minimum absolute atomic E-state index is 0.214. The fraction of sp³-hybridized carbons (Fsp3) is 0.286. The van der Waals surface area contributed by atoms with Crippen LogP contribution in [0.5, 0.6) is 11.5 Å². The Balaban J connectivity index is 1.38. The average Bonchev–Trinajstić information content (AvgIpc) is 3.26. The van der Waals surface area contributed by atoms with E-state index >= 15 is 0 Å². The molecule has 6 nitrogen and oxygen atoms in total. The van der Waals surface area contributed by atoms with E-state index in [1.807, 2.05) is 88.4 Å². The Morgan fingerprint density at radius 1 is 0.886 bits per heavy atom. The Morgan fingerprint density at radius 2 is 1.63 bits per heavy atom. The second kappa shape index (κ2) is 10.9. The molecule has 0 radical (unpaired) electrons. The molecular weight excluding hydrogens is 460 g/mol. The van der Waals surface area contributed by atoms with Crippen LogP contribution in [-0.4, -0.2) is 40.4 Å². The van der Waals surface area contributed by atoms with Gasteiger partial charge in [-0.1, -0.05) is 30.3 Å². The molecule has 3 aromatic rings. The van der Waals surface area contributed by atoms with Gasteiger partial charge in [0.05, 0.1) is 18.0 Å². The SMILES string of the molecule is Cc1ccc(C)c(OCCN2C(=O)S/C(=C\c3cc(C)n(CCOc4ccccc4)c3C)C2=O)c1. The fourth-order valence-electron chi connectivity index (χ4n) is 4.03. The number of carbonyl (C=O) groups is 2. The molecule has 4 rings (SSSR count). The molecule has 2 aromatic carbocycles. The zero-order chi connectivity index (χ0) is 24.9. The van der Waals surface area contributed by atoms with Gasteiger partial charge in [0.2, 0.25) is 0 Å². The number of ether oxygens (including phenoxy) is 2. The number of thioether (sulfide) groups is 1. The van der Waals surface area contributed by atoms with Crippen LogP contribution >= 0.6 is 11.8 Å². The molecule has 35 heavy (non-hydrogen) atoms. The molecule has 1 aliphatic rings. The molecule has 0 unspecified atom stereocenters. The third-order valence-electron chi connectivity index (χ3n) is 6.02. The van der Waals surface area contributed by atoms with Crippen molar-refractivity contribution in [1.82, 2.24) is 9.47 Å². The van der Waals surface area contributed by atoms with Gasteiger partial charge in [0.25, 0.3) is 11.1 Å². The summed E-state index contributed by atoms with van der Waals surface area (Å²) in [6, 6.07) is 17.7. The van der Waals surface area contributed by atoms with Crippen molar-refractivity contribution in [3.63, 3.8) is 0 Å². The van der Waals surface area contributed by atoms with Crippen molar-refractivity contribution in [2.45, 2.75) is 34.2 Å². The van der Waals surface area contributed by atoms with Crippen LogP contribution in [0.25, 0.3) is 6.08 Å². The van der Waals surface area contributed by atoms with Gasteiger partial charge < -0.3 is 14.0 Å². The highest BCUT2D eigenvalue weighted by Gasteiger charge is 2.35.